The Morgan fingerprint density at radius 2 is 1.74 bits per heavy atom. The van der Waals surface area contributed by atoms with Crippen LogP contribution in [0.1, 0.15) is 50.5 Å². The Labute approximate surface area is 113 Å². The first-order valence-electron chi connectivity index (χ1n) is 7.21. The van der Waals surface area contributed by atoms with Crippen LogP contribution in [0.5, 0.6) is 5.75 Å². The van der Waals surface area contributed by atoms with Crippen LogP contribution in [0.4, 0.5) is 0 Å². The monoisotopic (exact) mass is 260 g/mol. The van der Waals surface area contributed by atoms with Crippen molar-refractivity contribution in [2.75, 3.05) is 0 Å². The van der Waals surface area contributed by atoms with E-state index in [-0.39, 0.29) is 0 Å². The molecule has 2 aliphatic rings. The molecule has 0 spiro atoms. The quantitative estimate of drug-likeness (QED) is 0.901. The average molecular weight is 260 g/mol. The van der Waals surface area contributed by atoms with Crippen molar-refractivity contribution in [2.45, 2.75) is 56.5 Å². The fourth-order valence-electron chi connectivity index (χ4n) is 3.21. The van der Waals surface area contributed by atoms with Crippen LogP contribution in [0.25, 0.3) is 0 Å². The Bertz CT molecular complexity index is 453. The van der Waals surface area contributed by atoms with Crippen molar-refractivity contribution in [3.63, 3.8) is 0 Å². The standard InChI is InChI=1S/C16H20O3/c17-15(18)16(10-3-11-16)12-6-8-14(9-7-12)19-13-4-1-2-5-13/h6-9,13H,1-5,10-11H2,(H,17,18). The minimum Gasteiger partial charge on any atom is -0.490 e. The number of aliphatic carboxylic acids is 1. The van der Waals surface area contributed by atoms with Crippen molar-refractivity contribution in [1.29, 1.82) is 0 Å². The predicted octanol–water partition coefficient (Wildman–Crippen LogP) is 3.51. The van der Waals surface area contributed by atoms with Crippen LogP contribution >= 0.6 is 0 Å². The summed E-state index contributed by atoms with van der Waals surface area (Å²) in [6.45, 7) is 0. The van der Waals surface area contributed by atoms with E-state index < -0.39 is 11.4 Å². The van der Waals surface area contributed by atoms with E-state index in [4.69, 9.17) is 4.74 Å². The molecule has 0 saturated heterocycles. The minimum absolute atomic E-state index is 0.350. The fourth-order valence-corrected chi connectivity index (χ4v) is 3.21. The largest absolute Gasteiger partial charge is 0.490 e. The number of hydrogen-bond donors (Lipinski definition) is 1. The van der Waals surface area contributed by atoms with Crippen molar-refractivity contribution in [3.05, 3.63) is 29.8 Å². The second-order valence-electron chi connectivity index (χ2n) is 5.79. The summed E-state index contributed by atoms with van der Waals surface area (Å²) in [6, 6.07) is 7.71. The molecular formula is C16H20O3. The number of carboxylic acid groups (broad SMARTS) is 1. The van der Waals surface area contributed by atoms with E-state index in [9.17, 15) is 9.90 Å². The van der Waals surface area contributed by atoms with Gasteiger partial charge in [0, 0.05) is 0 Å². The maximum Gasteiger partial charge on any atom is 0.314 e. The van der Waals surface area contributed by atoms with Crippen LogP contribution in [0.15, 0.2) is 24.3 Å². The molecule has 2 aliphatic carbocycles. The lowest BCUT2D eigenvalue weighted by molar-refractivity contribution is -0.147. The van der Waals surface area contributed by atoms with Crippen LogP contribution < -0.4 is 4.74 Å². The summed E-state index contributed by atoms with van der Waals surface area (Å²) in [5, 5.41) is 9.41. The Balaban J connectivity index is 1.73. The molecule has 2 fully saturated rings. The Kier molecular flexibility index (Phi) is 3.21. The number of rotatable bonds is 4. The zero-order valence-corrected chi connectivity index (χ0v) is 11.1. The highest BCUT2D eigenvalue weighted by molar-refractivity contribution is 5.82. The van der Waals surface area contributed by atoms with Crippen molar-refractivity contribution in [3.8, 4) is 5.75 Å². The third kappa shape index (κ3) is 2.22. The van der Waals surface area contributed by atoms with Gasteiger partial charge in [0.05, 0.1) is 11.5 Å². The molecule has 0 atom stereocenters. The van der Waals surface area contributed by atoms with Crippen molar-refractivity contribution >= 4 is 5.97 Å². The lowest BCUT2D eigenvalue weighted by Crippen LogP contribution is -2.42. The molecule has 1 N–H and O–H groups in total. The van der Waals surface area contributed by atoms with Crippen LogP contribution in [0.2, 0.25) is 0 Å². The zero-order valence-electron chi connectivity index (χ0n) is 11.1. The SMILES string of the molecule is O=C(O)C1(c2ccc(OC3CCCC3)cc2)CCC1. The molecule has 0 amide bonds. The highest BCUT2D eigenvalue weighted by Gasteiger charge is 2.45. The topological polar surface area (TPSA) is 46.5 Å². The Morgan fingerprint density at radius 3 is 2.21 bits per heavy atom. The molecule has 0 bridgehead atoms. The molecule has 102 valence electrons. The summed E-state index contributed by atoms with van der Waals surface area (Å²) in [7, 11) is 0. The van der Waals surface area contributed by atoms with E-state index >= 15 is 0 Å². The van der Waals surface area contributed by atoms with Gasteiger partial charge in [-0.3, -0.25) is 4.79 Å². The molecule has 0 aromatic heterocycles. The van der Waals surface area contributed by atoms with Gasteiger partial charge in [0.1, 0.15) is 5.75 Å². The molecule has 3 nitrogen and oxygen atoms in total. The van der Waals surface area contributed by atoms with E-state index in [1.54, 1.807) is 0 Å². The molecule has 0 radical (unpaired) electrons. The molecule has 19 heavy (non-hydrogen) atoms. The lowest BCUT2D eigenvalue weighted by Gasteiger charge is -2.38. The molecule has 3 heteroatoms. The number of carbonyl (C=O) groups is 1. The van der Waals surface area contributed by atoms with Crippen LogP contribution in [0, 0.1) is 0 Å². The molecule has 0 unspecified atom stereocenters. The summed E-state index contributed by atoms with van der Waals surface area (Å²) in [5.74, 6) is 0.179. The van der Waals surface area contributed by atoms with E-state index in [1.165, 1.54) is 12.8 Å². The van der Waals surface area contributed by atoms with Crippen LogP contribution in [-0.4, -0.2) is 17.2 Å². The van der Waals surface area contributed by atoms with Gasteiger partial charge < -0.3 is 9.84 Å². The molecule has 1 aromatic carbocycles. The van der Waals surface area contributed by atoms with Crippen molar-refractivity contribution < 1.29 is 14.6 Å². The first kappa shape index (κ1) is 12.5. The maximum atomic E-state index is 11.4. The number of carboxylic acids is 1. The normalized spacial score (nSPS) is 21.9. The van der Waals surface area contributed by atoms with E-state index in [2.05, 4.69) is 0 Å². The summed E-state index contributed by atoms with van der Waals surface area (Å²) in [4.78, 5) is 11.4. The van der Waals surface area contributed by atoms with Gasteiger partial charge in [-0.1, -0.05) is 18.6 Å². The molecule has 0 heterocycles. The van der Waals surface area contributed by atoms with Gasteiger partial charge >= 0.3 is 5.97 Å². The number of hydrogen-bond acceptors (Lipinski definition) is 2. The number of benzene rings is 1. The summed E-state index contributed by atoms with van der Waals surface area (Å²) in [6.07, 6.45) is 7.66. The summed E-state index contributed by atoms with van der Waals surface area (Å²) < 4.78 is 5.91. The van der Waals surface area contributed by atoms with Gasteiger partial charge in [0.25, 0.3) is 0 Å². The second-order valence-corrected chi connectivity index (χ2v) is 5.79. The third-order valence-electron chi connectivity index (χ3n) is 4.63. The fraction of sp³-hybridized carbons (Fsp3) is 0.562. The first-order chi connectivity index (χ1) is 9.21. The van der Waals surface area contributed by atoms with E-state index in [0.29, 0.717) is 6.10 Å². The van der Waals surface area contributed by atoms with Crippen molar-refractivity contribution in [2.24, 2.45) is 0 Å². The van der Waals surface area contributed by atoms with Crippen LogP contribution in [-0.2, 0) is 10.2 Å². The van der Waals surface area contributed by atoms with Crippen LogP contribution in [0.3, 0.4) is 0 Å². The van der Waals surface area contributed by atoms with Gasteiger partial charge in [-0.15, -0.1) is 0 Å². The van der Waals surface area contributed by atoms with E-state index in [1.807, 2.05) is 24.3 Å². The molecule has 3 rings (SSSR count). The van der Waals surface area contributed by atoms with E-state index in [0.717, 1.165) is 43.4 Å². The van der Waals surface area contributed by atoms with Gasteiger partial charge in [-0.2, -0.15) is 0 Å². The Morgan fingerprint density at radius 1 is 1.11 bits per heavy atom. The van der Waals surface area contributed by atoms with Gasteiger partial charge in [0.2, 0.25) is 0 Å². The second kappa shape index (κ2) is 4.87. The average Bonchev–Trinajstić information content (AvgIpc) is 2.82. The summed E-state index contributed by atoms with van der Waals surface area (Å²) in [5.41, 5.74) is 0.288. The van der Waals surface area contributed by atoms with Crippen molar-refractivity contribution in [1.82, 2.24) is 0 Å². The van der Waals surface area contributed by atoms with Gasteiger partial charge in [0.15, 0.2) is 0 Å². The molecule has 2 saturated carbocycles. The zero-order chi connectivity index (χ0) is 13.3. The molecular weight excluding hydrogens is 240 g/mol. The summed E-state index contributed by atoms with van der Waals surface area (Å²) >= 11 is 0. The smallest absolute Gasteiger partial charge is 0.314 e. The van der Waals surface area contributed by atoms with Gasteiger partial charge in [-0.25, -0.2) is 0 Å². The van der Waals surface area contributed by atoms with Gasteiger partial charge in [-0.05, 0) is 56.2 Å². The molecule has 0 aliphatic heterocycles. The lowest BCUT2D eigenvalue weighted by atomic mass is 9.64. The number of ether oxygens (including phenoxy) is 1. The first-order valence-corrected chi connectivity index (χ1v) is 7.21. The third-order valence-corrected chi connectivity index (χ3v) is 4.63. The highest BCUT2D eigenvalue weighted by Crippen LogP contribution is 2.44. The maximum absolute atomic E-state index is 11.4. The molecule has 1 aromatic rings. The Hall–Kier alpha value is -1.51. The minimum atomic E-state index is -0.691. The predicted molar refractivity (Wildman–Crippen MR) is 72.5 cm³/mol. The highest BCUT2D eigenvalue weighted by atomic mass is 16.5.